The summed E-state index contributed by atoms with van der Waals surface area (Å²) >= 11 is 0. The minimum atomic E-state index is -4.91. The predicted octanol–water partition coefficient (Wildman–Crippen LogP) is 4.59. The summed E-state index contributed by atoms with van der Waals surface area (Å²) in [7, 11) is 0. The Kier molecular flexibility index (Phi) is 3.45. The molecule has 0 unspecified atom stereocenters. The molecule has 0 aliphatic carbocycles. The van der Waals surface area contributed by atoms with E-state index in [1.807, 2.05) is 0 Å². The normalized spacial score (nSPS) is 12.5. The Hall–Kier alpha value is -2.05. The number of nitrogens with zero attached hydrogens (tertiary/aromatic N) is 1. The van der Waals surface area contributed by atoms with Gasteiger partial charge in [-0.25, -0.2) is 4.98 Å². The van der Waals surface area contributed by atoms with E-state index >= 15 is 0 Å². The molecule has 7 heteroatoms. The van der Waals surface area contributed by atoms with Gasteiger partial charge in [0.05, 0.1) is 23.0 Å². The summed E-state index contributed by atoms with van der Waals surface area (Å²) < 4.78 is 77.4. The standard InChI is InChI=1S/C13H6F6N/c14-12(15,16)8-4-3-5-9(13(17,18)19)11(8)10-6-1-2-7-20-10/h1-6H. The SMILES string of the molecule is FC(F)(F)c1cccc(C(F)(F)F)c1-c1ccc[c]n1. The maximum absolute atomic E-state index is 12.9. The van der Waals surface area contributed by atoms with E-state index in [1.165, 1.54) is 12.1 Å². The molecule has 0 fully saturated rings. The van der Waals surface area contributed by atoms with Crippen LogP contribution in [0.3, 0.4) is 0 Å². The average Bonchev–Trinajstić information content (AvgIpc) is 2.37. The van der Waals surface area contributed by atoms with Crippen molar-refractivity contribution >= 4 is 0 Å². The van der Waals surface area contributed by atoms with E-state index in [1.54, 1.807) is 0 Å². The molecule has 2 rings (SSSR count). The van der Waals surface area contributed by atoms with Crippen LogP contribution in [0.2, 0.25) is 0 Å². The fraction of sp³-hybridized carbons (Fsp3) is 0.154. The molecule has 2 aromatic rings. The van der Waals surface area contributed by atoms with Gasteiger partial charge in [0.25, 0.3) is 0 Å². The van der Waals surface area contributed by atoms with Gasteiger partial charge in [-0.3, -0.25) is 0 Å². The minimum absolute atomic E-state index is 0.423. The molecular weight excluding hydrogens is 284 g/mol. The van der Waals surface area contributed by atoms with E-state index in [4.69, 9.17) is 0 Å². The third-order valence-corrected chi connectivity index (χ3v) is 2.54. The summed E-state index contributed by atoms with van der Waals surface area (Å²) in [5.74, 6) is 0. The van der Waals surface area contributed by atoms with Crippen molar-refractivity contribution in [2.24, 2.45) is 0 Å². The Balaban J connectivity index is 2.80. The van der Waals surface area contributed by atoms with Gasteiger partial charge in [-0.05, 0) is 24.3 Å². The Labute approximate surface area is 109 Å². The zero-order valence-electron chi connectivity index (χ0n) is 9.68. The van der Waals surface area contributed by atoms with Crippen molar-refractivity contribution < 1.29 is 26.3 Å². The van der Waals surface area contributed by atoms with Gasteiger partial charge in [0.1, 0.15) is 0 Å². The first-order valence-corrected chi connectivity index (χ1v) is 5.32. The molecule has 1 heterocycles. The third kappa shape index (κ3) is 2.76. The van der Waals surface area contributed by atoms with Crippen molar-refractivity contribution in [2.75, 3.05) is 0 Å². The van der Waals surface area contributed by atoms with Gasteiger partial charge >= 0.3 is 12.4 Å². The number of benzene rings is 1. The quantitative estimate of drug-likeness (QED) is 0.700. The van der Waals surface area contributed by atoms with Crippen molar-refractivity contribution in [1.82, 2.24) is 4.98 Å². The first-order valence-electron chi connectivity index (χ1n) is 5.32. The zero-order valence-corrected chi connectivity index (χ0v) is 9.68. The second kappa shape index (κ2) is 4.81. The first-order chi connectivity index (χ1) is 9.21. The second-order valence-electron chi connectivity index (χ2n) is 3.88. The molecule has 20 heavy (non-hydrogen) atoms. The number of hydrogen-bond donors (Lipinski definition) is 0. The van der Waals surface area contributed by atoms with E-state index in [9.17, 15) is 26.3 Å². The van der Waals surface area contributed by atoms with Crippen LogP contribution in [0.4, 0.5) is 26.3 Å². The number of aromatic nitrogens is 1. The molecule has 1 aromatic heterocycles. The lowest BCUT2D eigenvalue weighted by molar-refractivity contribution is -0.142. The minimum Gasteiger partial charge on any atom is -0.246 e. The average molecular weight is 290 g/mol. The lowest BCUT2D eigenvalue weighted by Crippen LogP contribution is -2.14. The van der Waals surface area contributed by atoms with Crippen LogP contribution in [-0.2, 0) is 12.4 Å². The van der Waals surface area contributed by atoms with Crippen LogP contribution < -0.4 is 0 Å². The highest BCUT2D eigenvalue weighted by atomic mass is 19.4. The highest BCUT2D eigenvalue weighted by Crippen LogP contribution is 2.43. The fourth-order valence-electron chi connectivity index (χ4n) is 1.77. The first kappa shape index (κ1) is 14.4. The van der Waals surface area contributed by atoms with Gasteiger partial charge in [0.15, 0.2) is 0 Å². The van der Waals surface area contributed by atoms with Gasteiger partial charge in [-0.1, -0.05) is 12.1 Å². The van der Waals surface area contributed by atoms with E-state index in [0.29, 0.717) is 12.1 Å². The number of hydrogen-bond acceptors (Lipinski definition) is 1. The molecule has 0 aliphatic heterocycles. The zero-order chi connectivity index (χ0) is 15.0. The molecule has 0 N–H and O–H groups in total. The van der Waals surface area contributed by atoms with Crippen LogP contribution in [0, 0.1) is 6.20 Å². The monoisotopic (exact) mass is 290 g/mol. The van der Waals surface area contributed by atoms with E-state index in [-0.39, 0.29) is 0 Å². The second-order valence-corrected chi connectivity index (χ2v) is 3.88. The Bertz CT molecular complexity index is 568. The maximum Gasteiger partial charge on any atom is 0.417 e. The van der Waals surface area contributed by atoms with E-state index < -0.39 is 34.7 Å². The van der Waals surface area contributed by atoms with Crippen molar-refractivity contribution in [3.05, 3.63) is 53.7 Å². The van der Waals surface area contributed by atoms with E-state index in [0.717, 1.165) is 12.1 Å². The molecular formula is C13H6F6N. The highest BCUT2D eigenvalue weighted by molar-refractivity contribution is 5.69. The molecule has 0 amide bonds. The summed E-state index contributed by atoms with van der Waals surface area (Å²) in [5, 5.41) is 0. The van der Waals surface area contributed by atoms with Crippen molar-refractivity contribution in [3.8, 4) is 11.3 Å². The van der Waals surface area contributed by atoms with Crippen LogP contribution in [0.15, 0.2) is 36.4 Å². The van der Waals surface area contributed by atoms with Crippen LogP contribution in [0.1, 0.15) is 11.1 Å². The molecule has 0 atom stereocenters. The molecule has 1 aromatic carbocycles. The summed E-state index contributed by atoms with van der Waals surface area (Å²) in [5.41, 5.74) is -4.16. The van der Waals surface area contributed by atoms with Gasteiger partial charge in [0.2, 0.25) is 0 Å². The maximum atomic E-state index is 12.9. The molecule has 0 saturated carbocycles. The molecule has 0 aliphatic rings. The number of pyridine rings is 1. The largest absolute Gasteiger partial charge is 0.417 e. The van der Waals surface area contributed by atoms with Gasteiger partial charge < -0.3 is 0 Å². The molecule has 1 radical (unpaired) electrons. The summed E-state index contributed by atoms with van der Waals surface area (Å²) in [6.07, 6.45) is -7.59. The number of halogens is 6. The summed E-state index contributed by atoms with van der Waals surface area (Å²) in [4.78, 5) is 3.47. The predicted molar refractivity (Wildman–Crippen MR) is 58.5 cm³/mol. The number of rotatable bonds is 1. The Morgan fingerprint density at radius 1 is 0.800 bits per heavy atom. The van der Waals surface area contributed by atoms with Gasteiger partial charge in [-0.2, -0.15) is 26.3 Å². The van der Waals surface area contributed by atoms with Crippen LogP contribution in [-0.4, -0.2) is 4.98 Å². The van der Waals surface area contributed by atoms with Crippen LogP contribution in [0.25, 0.3) is 11.3 Å². The number of alkyl halides is 6. The lowest BCUT2D eigenvalue weighted by atomic mass is 9.97. The smallest absolute Gasteiger partial charge is 0.246 e. The molecule has 0 spiro atoms. The van der Waals surface area contributed by atoms with Crippen molar-refractivity contribution in [2.45, 2.75) is 12.4 Å². The van der Waals surface area contributed by atoms with Crippen molar-refractivity contribution in [1.29, 1.82) is 0 Å². The van der Waals surface area contributed by atoms with Gasteiger partial charge in [0, 0.05) is 5.56 Å². The van der Waals surface area contributed by atoms with Crippen LogP contribution >= 0.6 is 0 Å². The lowest BCUT2D eigenvalue weighted by Gasteiger charge is -2.18. The Morgan fingerprint density at radius 2 is 1.35 bits per heavy atom. The molecule has 1 nitrogen and oxygen atoms in total. The highest BCUT2D eigenvalue weighted by Gasteiger charge is 2.41. The van der Waals surface area contributed by atoms with E-state index in [2.05, 4.69) is 11.2 Å². The van der Waals surface area contributed by atoms with Crippen molar-refractivity contribution in [3.63, 3.8) is 0 Å². The fourth-order valence-corrected chi connectivity index (χ4v) is 1.77. The molecule has 0 saturated heterocycles. The van der Waals surface area contributed by atoms with Gasteiger partial charge in [-0.15, -0.1) is 0 Å². The third-order valence-electron chi connectivity index (χ3n) is 2.54. The molecule has 0 bridgehead atoms. The summed E-state index contributed by atoms with van der Waals surface area (Å²) in [6, 6.07) is 5.55. The summed E-state index contributed by atoms with van der Waals surface area (Å²) in [6.45, 7) is 0. The topological polar surface area (TPSA) is 12.9 Å². The Morgan fingerprint density at radius 3 is 1.75 bits per heavy atom. The molecule has 105 valence electrons. The van der Waals surface area contributed by atoms with Crippen LogP contribution in [0.5, 0.6) is 0 Å².